The molecule has 1 aliphatic heterocycles. The van der Waals surface area contributed by atoms with Crippen molar-refractivity contribution in [1.29, 1.82) is 0 Å². The number of halogens is 1. The molecule has 2 aromatic carbocycles. The van der Waals surface area contributed by atoms with Crippen LogP contribution in [0.2, 0.25) is 0 Å². The van der Waals surface area contributed by atoms with Crippen molar-refractivity contribution in [3.05, 3.63) is 77.4 Å². The van der Waals surface area contributed by atoms with Gasteiger partial charge in [0.1, 0.15) is 11.5 Å². The van der Waals surface area contributed by atoms with Crippen molar-refractivity contribution in [2.24, 2.45) is 0 Å². The van der Waals surface area contributed by atoms with Gasteiger partial charge in [0.05, 0.1) is 18.4 Å². The second-order valence-electron chi connectivity index (χ2n) is 8.29. The molecule has 178 valence electrons. The highest BCUT2D eigenvalue weighted by atomic mass is 32.2. The van der Waals surface area contributed by atoms with E-state index in [0.29, 0.717) is 41.7 Å². The Morgan fingerprint density at radius 3 is 2.35 bits per heavy atom. The second-order valence-corrected chi connectivity index (χ2v) is 9.06. The molecule has 9 heteroatoms. The average Bonchev–Trinajstić information content (AvgIpc) is 3.26. The molecule has 0 aliphatic carbocycles. The Morgan fingerprint density at radius 1 is 1.09 bits per heavy atom. The van der Waals surface area contributed by atoms with Crippen molar-refractivity contribution in [2.75, 3.05) is 19.3 Å². The number of hydrogen-bond donors (Lipinski definition) is 1. The van der Waals surface area contributed by atoms with Crippen LogP contribution in [0.25, 0.3) is 5.69 Å². The summed E-state index contributed by atoms with van der Waals surface area (Å²) in [6, 6.07) is 13.2. The van der Waals surface area contributed by atoms with Gasteiger partial charge >= 0.3 is 0 Å². The number of benzene rings is 2. The Balaban J connectivity index is 1.42. The molecular weight excluding hydrogens is 455 g/mol. The summed E-state index contributed by atoms with van der Waals surface area (Å²) in [5, 5.41) is 3.53. The fraction of sp³-hybridized carbons (Fsp3) is 0.320. The Kier molecular flexibility index (Phi) is 7.33. The fourth-order valence-electron chi connectivity index (χ4n) is 4.04. The third kappa shape index (κ3) is 5.31. The number of nitrogens with one attached hydrogen (secondary N) is 1. The molecule has 34 heavy (non-hydrogen) atoms. The van der Waals surface area contributed by atoms with Gasteiger partial charge in [-0.2, -0.15) is 0 Å². The van der Waals surface area contributed by atoms with E-state index in [1.54, 1.807) is 28.8 Å². The van der Waals surface area contributed by atoms with Gasteiger partial charge in [-0.1, -0.05) is 23.9 Å². The quantitative estimate of drug-likeness (QED) is 0.539. The molecule has 2 amide bonds. The number of carbonyl (C=O) groups excluding carboxylic acids is 2. The number of ether oxygens (including phenoxy) is 1. The second kappa shape index (κ2) is 10.4. The lowest BCUT2D eigenvalue weighted by Gasteiger charge is -2.35. The van der Waals surface area contributed by atoms with E-state index in [-0.39, 0.29) is 29.8 Å². The van der Waals surface area contributed by atoms with E-state index in [0.717, 1.165) is 5.56 Å². The smallest absolute Gasteiger partial charge is 0.270 e. The summed E-state index contributed by atoms with van der Waals surface area (Å²) in [4.78, 5) is 31.9. The topological polar surface area (TPSA) is 76.5 Å². The maximum Gasteiger partial charge on any atom is 0.270 e. The number of aromatic nitrogens is 2. The minimum Gasteiger partial charge on any atom is -0.372 e. The van der Waals surface area contributed by atoms with Gasteiger partial charge in [0.15, 0.2) is 5.16 Å². The summed E-state index contributed by atoms with van der Waals surface area (Å²) >= 11 is 1.40. The van der Waals surface area contributed by atoms with E-state index >= 15 is 0 Å². The number of carbonyl (C=O) groups is 2. The largest absolute Gasteiger partial charge is 0.372 e. The van der Waals surface area contributed by atoms with Gasteiger partial charge in [0.2, 0.25) is 0 Å². The van der Waals surface area contributed by atoms with Crippen LogP contribution in [0.5, 0.6) is 0 Å². The highest BCUT2D eigenvalue weighted by Gasteiger charge is 2.26. The SMILES string of the molecule is CSc1ncc(C(=O)NCc2ccc(C(=O)N3CC(C)OC(C)C3)cc2)n1-c1ccc(F)cc1. The van der Waals surface area contributed by atoms with Crippen LogP contribution in [-0.4, -0.2) is 57.8 Å². The monoisotopic (exact) mass is 482 g/mol. The summed E-state index contributed by atoms with van der Waals surface area (Å²) in [7, 11) is 0. The number of nitrogens with zero attached hydrogens (tertiary/aromatic N) is 3. The Labute approximate surface area is 202 Å². The number of imidazole rings is 1. The number of amides is 2. The zero-order valence-corrected chi connectivity index (χ0v) is 20.1. The van der Waals surface area contributed by atoms with Crippen molar-refractivity contribution in [3.63, 3.8) is 0 Å². The molecule has 0 bridgehead atoms. The maximum absolute atomic E-state index is 13.4. The molecule has 0 saturated carbocycles. The average molecular weight is 483 g/mol. The molecule has 7 nitrogen and oxygen atoms in total. The van der Waals surface area contributed by atoms with Crippen LogP contribution in [0.1, 0.15) is 40.3 Å². The van der Waals surface area contributed by atoms with Crippen LogP contribution < -0.4 is 5.32 Å². The van der Waals surface area contributed by atoms with Gasteiger partial charge in [-0.05, 0) is 62.1 Å². The van der Waals surface area contributed by atoms with Crippen molar-refractivity contribution in [2.45, 2.75) is 37.8 Å². The number of thioether (sulfide) groups is 1. The first-order valence-electron chi connectivity index (χ1n) is 11.0. The molecular formula is C25H27FN4O3S. The van der Waals surface area contributed by atoms with Crippen LogP contribution >= 0.6 is 11.8 Å². The van der Waals surface area contributed by atoms with Gasteiger partial charge in [0.25, 0.3) is 11.8 Å². The summed E-state index contributed by atoms with van der Waals surface area (Å²) in [6.07, 6.45) is 3.40. The number of morpholine rings is 1. The van der Waals surface area contributed by atoms with E-state index in [4.69, 9.17) is 4.74 Å². The Hall–Kier alpha value is -3.17. The van der Waals surface area contributed by atoms with Gasteiger partial charge < -0.3 is 15.0 Å². The normalized spacial score (nSPS) is 18.1. The maximum atomic E-state index is 13.4. The van der Waals surface area contributed by atoms with E-state index in [9.17, 15) is 14.0 Å². The predicted octanol–water partition coefficient (Wildman–Crippen LogP) is 3.91. The minimum atomic E-state index is -0.347. The van der Waals surface area contributed by atoms with Crippen LogP contribution in [0.3, 0.4) is 0 Å². The van der Waals surface area contributed by atoms with Gasteiger partial charge in [0, 0.05) is 30.9 Å². The summed E-state index contributed by atoms with van der Waals surface area (Å²) < 4.78 is 20.8. The lowest BCUT2D eigenvalue weighted by Crippen LogP contribution is -2.48. The van der Waals surface area contributed by atoms with Crippen LogP contribution in [-0.2, 0) is 11.3 Å². The molecule has 3 aromatic rings. The standard InChI is InChI=1S/C25H27FN4O3S/c1-16-14-29(15-17(2)33-16)24(32)19-6-4-18(5-7-19)12-27-23(31)22-13-28-25(34-3)30(22)21-10-8-20(26)9-11-21/h4-11,13,16-17H,12,14-15H2,1-3H3,(H,27,31). The van der Waals surface area contributed by atoms with E-state index in [1.807, 2.05) is 37.1 Å². The van der Waals surface area contributed by atoms with Crippen LogP contribution in [0.4, 0.5) is 4.39 Å². The van der Waals surface area contributed by atoms with Crippen LogP contribution in [0.15, 0.2) is 59.9 Å². The van der Waals surface area contributed by atoms with E-state index in [1.165, 1.54) is 30.1 Å². The summed E-state index contributed by atoms with van der Waals surface area (Å²) in [6.45, 7) is 5.36. The summed E-state index contributed by atoms with van der Waals surface area (Å²) in [5.41, 5.74) is 2.49. The first-order valence-corrected chi connectivity index (χ1v) is 12.3. The van der Waals surface area contributed by atoms with Crippen molar-refractivity contribution >= 4 is 23.6 Å². The number of rotatable bonds is 6. The molecule has 2 unspecified atom stereocenters. The molecule has 1 saturated heterocycles. The molecule has 2 heterocycles. The highest BCUT2D eigenvalue weighted by molar-refractivity contribution is 7.98. The third-order valence-corrected chi connectivity index (χ3v) is 6.24. The molecule has 1 fully saturated rings. The zero-order chi connectivity index (χ0) is 24.2. The first kappa shape index (κ1) is 24.0. The van der Waals surface area contributed by atoms with Crippen molar-refractivity contribution < 1.29 is 18.7 Å². The molecule has 1 N–H and O–H groups in total. The molecule has 1 aliphatic rings. The van der Waals surface area contributed by atoms with Crippen LogP contribution in [0, 0.1) is 5.82 Å². The Morgan fingerprint density at radius 2 is 1.74 bits per heavy atom. The lowest BCUT2D eigenvalue weighted by molar-refractivity contribution is -0.0586. The molecule has 0 radical (unpaired) electrons. The van der Waals surface area contributed by atoms with Gasteiger partial charge in [-0.15, -0.1) is 0 Å². The predicted molar refractivity (Wildman–Crippen MR) is 129 cm³/mol. The van der Waals surface area contributed by atoms with Crippen molar-refractivity contribution in [3.8, 4) is 5.69 Å². The highest BCUT2D eigenvalue weighted by Crippen LogP contribution is 2.22. The fourth-order valence-corrected chi connectivity index (χ4v) is 4.59. The minimum absolute atomic E-state index is 0.0113. The Bertz CT molecular complexity index is 1150. The number of hydrogen-bond acceptors (Lipinski definition) is 5. The van der Waals surface area contributed by atoms with E-state index < -0.39 is 0 Å². The van der Waals surface area contributed by atoms with E-state index in [2.05, 4.69) is 10.3 Å². The first-order chi connectivity index (χ1) is 16.4. The molecule has 1 aromatic heterocycles. The van der Waals surface area contributed by atoms with Gasteiger partial charge in [-0.25, -0.2) is 9.37 Å². The van der Waals surface area contributed by atoms with Gasteiger partial charge in [-0.3, -0.25) is 14.2 Å². The molecule has 0 spiro atoms. The molecule has 2 atom stereocenters. The third-order valence-electron chi connectivity index (χ3n) is 5.59. The summed E-state index contributed by atoms with van der Waals surface area (Å²) in [5.74, 6) is -0.668. The van der Waals surface area contributed by atoms with Crippen molar-refractivity contribution in [1.82, 2.24) is 19.8 Å². The zero-order valence-electron chi connectivity index (χ0n) is 19.3. The lowest BCUT2D eigenvalue weighted by atomic mass is 10.1. The molecule has 4 rings (SSSR count).